The number of aliphatic hydroxyl groups is 1. The van der Waals surface area contributed by atoms with Gasteiger partial charge in [-0.15, -0.1) is 0 Å². The maximum absolute atomic E-state index is 13.4. The number of anilines is 1. The molecule has 4 aromatic rings. The van der Waals surface area contributed by atoms with Gasteiger partial charge >= 0.3 is 5.91 Å². The lowest BCUT2D eigenvalue weighted by Crippen LogP contribution is -2.30. The van der Waals surface area contributed by atoms with Crippen molar-refractivity contribution in [1.29, 1.82) is 0 Å². The van der Waals surface area contributed by atoms with Crippen molar-refractivity contribution in [1.82, 2.24) is 9.97 Å². The molecule has 1 fully saturated rings. The Labute approximate surface area is 215 Å². The third kappa shape index (κ3) is 3.91. The number of ketones is 1. The van der Waals surface area contributed by atoms with Gasteiger partial charge in [0.15, 0.2) is 11.5 Å². The van der Waals surface area contributed by atoms with Crippen LogP contribution in [-0.4, -0.2) is 38.5 Å². The minimum atomic E-state index is -1.02. The normalized spacial score (nSPS) is 17.2. The number of benzene rings is 3. The quantitative estimate of drug-likeness (QED) is 0.176. The van der Waals surface area contributed by atoms with Gasteiger partial charge in [0.2, 0.25) is 5.95 Å². The highest BCUT2D eigenvalue weighted by atomic mass is 79.9. The third-order valence-electron chi connectivity index (χ3n) is 6.08. The third-order valence-corrected chi connectivity index (χ3v) is 6.97. The summed E-state index contributed by atoms with van der Waals surface area (Å²) in [5.41, 5.74) is 2.94. The number of imidazole rings is 1. The summed E-state index contributed by atoms with van der Waals surface area (Å²) < 4.78 is 6.39. The van der Waals surface area contributed by atoms with Gasteiger partial charge in [-0.2, -0.15) is 0 Å². The molecule has 3 aromatic carbocycles. The number of H-pyrrole nitrogens is 1. The Hall–Kier alpha value is -4.11. The molecule has 0 radical (unpaired) electrons. The average molecular weight is 548 g/mol. The SMILES string of the molecule is CCOc1cc(C2/C(=C(\O)c3ccc(Br)c(C)c3)C(=O)C(=O)N2c2nc3ccccc3[nH]2)ccc1O. The van der Waals surface area contributed by atoms with Crippen molar-refractivity contribution in [2.45, 2.75) is 19.9 Å². The summed E-state index contributed by atoms with van der Waals surface area (Å²) in [6, 6.07) is 16.0. The molecular weight excluding hydrogens is 526 g/mol. The first-order valence-electron chi connectivity index (χ1n) is 11.3. The van der Waals surface area contributed by atoms with Gasteiger partial charge in [0.1, 0.15) is 5.76 Å². The number of para-hydroxylation sites is 2. The molecule has 1 atom stereocenters. The smallest absolute Gasteiger partial charge is 0.302 e. The number of fused-ring (bicyclic) bond motifs is 1. The number of aromatic hydroxyl groups is 1. The second kappa shape index (κ2) is 9.16. The summed E-state index contributed by atoms with van der Waals surface area (Å²) in [5.74, 6) is -1.70. The molecular formula is C27H22BrN3O5. The van der Waals surface area contributed by atoms with Crippen LogP contribution < -0.4 is 9.64 Å². The van der Waals surface area contributed by atoms with E-state index >= 15 is 0 Å². The number of halogens is 1. The van der Waals surface area contributed by atoms with E-state index in [4.69, 9.17) is 4.74 Å². The number of hydrogen-bond donors (Lipinski definition) is 3. The van der Waals surface area contributed by atoms with E-state index in [-0.39, 0.29) is 28.8 Å². The zero-order valence-corrected chi connectivity index (χ0v) is 21.0. The average Bonchev–Trinajstić information content (AvgIpc) is 3.40. The molecule has 3 N–H and O–H groups in total. The Morgan fingerprint density at radius 3 is 2.64 bits per heavy atom. The van der Waals surface area contributed by atoms with Crippen molar-refractivity contribution in [2.24, 2.45) is 0 Å². The predicted molar refractivity (Wildman–Crippen MR) is 139 cm³/mol. The molecule has 1 unspecified atom stereocenters. The molecule has 1 aliphatic heterocycles. The monoisotopic (exact) mass is 547 g/mol. The second-order valence-electron chi connectivity index (χ2n) is 8.37. The summed E-state index contributed by atoms with van der Waals surface area (Å²) in [6.45, 7) is 3.95. The van der Waals surface area contributed by atoms with Gasteiger partial charge in [-0.05, 0) is 61.4 Å². The van der Waals surface area contributed by atoms with Gasteiger partial charge in [0.05, 0.1) is 29.3 Å². The molecule has 0 saturated carbocycles. The predicted octanol–water partition coefficient (Wildman–Crippen LogP) is 5.36. The van der Waals surface area contributed by atoms with Crippen LogP contribution >= 0.6 is 15.9 Å². The van der Waals surface area contributed by atoms with Crippen molar-refractivity contribution in [2.75, 3.05) is 11.5 Å². The maximum atomic E-state index is 13.4. The van der Waals surface area contributed by atoms with Gasteiger partial charge in [-0.25, -0.2) is 4.98 Å². The minimum Gasteiger partial charge on any atom is -0.507 e. The van der Waals surface area contributed by atoms with Crippen LogP contribution in [0.4, 0.5) is 5.95 Å². The number of rotatable bonds is 5. The Morgan fingerprint density at radius 1 is 1.14 bits per heavy atom. The van der Waals surface area contributed by atoms with E-state index in [0.29, 0.717) is 28.8 Å². The number of nitrogens with zero attached hydrogens (tertiary/aromatic N) is 2. The zero-order valence-electron chi connectivity index (χ0n) is 19.4. The molecule has 9 heteroatoms. The number of aliphatic hydroxyl groups excluding tert-OH is 1. The van der Waals surface area contributed by atoms with Crippen LogP contribution in [0.15, 0.2) is 70.7 Å². The molecule has 1 amide bonds. The number of aromatic nitrogens is 2. The number of Topliss-reactive ketones (excluding diaryl/α,β-unsaturated/α-hetero) is 1. The van der Waals surface area contributed by atoms with Gasteiger partial charge < -0.3 is 19.9 Å². The molecule has 0 bridgehead atoms. The standard InChI is InChI=1S/C27H22BrN3O5/c1-3-36-21-13-15(9-11-20(21)32)23-22(24(33)16-8-10-17(28)14(2)12-16)25(34)26(35)31(23)27-29-18-6-4-5-7-19(18)30-27/h4-13,23,32-33H,3H2,1-2H3,(H,29,30)/b24-22+. The van der Waals surface area contributed by atoms with Crippen LogP contribution in [0.3, 0.4) is 0 Å². The first-order valence-corrected chi connectivity index (χ1v) is 12.1. The van der Waals surface area contributed by atoms with Crippen molar-refractivity contribution in [3.63, 3.8) is 0 Å². The highest BCUT2D eigenvalue weighted by molar-refractivity contribution is 9.10. The number of phenols is 1. The summed E-state index contributed by atoms with van der Waals surface area (Å²) in [5, 5.41) is 21.6. The minimum absolute atomic E-state index is 0.0789. The van der Waals surface area contributed by atoms with E-state index in [9.17, 15) is 19.8 Å². The highest BCUT2D eigenvalue weighted by Gasteiger charge is 2.48. The van der Waals surface area contributed by atoms with Crippen LogP contribution in [0.25, 0.3) is 16.8 Å². The van der Waals surface area contributed by atoms with Crippen molar-refractivity contribution < 1.29 is 24.5 Å². The first-order chi connectivity index (χ1) is 17.3. The Kier molecular flexibility index (Phi) is 6.01. The van der Waals surface area contributed by atoms with Crippen LogP contribution in [0.1, 0.15) is 29.7 Å². The van der Waals surface area contributed by atoms with Crippen LogP contribution in [0.2, 0.25) is 0 Å². The number of aromatic amines is 1. The summed E-state index contributed by atoms with van der Waals surface area (Å²) in [7, 11) is 0. The number of hydrogen-bond acceptors (Lipinski definition) is 6. The van der Waals surface area contributed by atoms with E-state index < -0.39 is 17.7 Å². The van der Waals surface area contributed by atoms with Crippen molar-refractivity contribution in [3.8, 4) is 11.5 Å². The summed E-state index contributed by atoms with van der Waals surface area (Å²) in [4.78, 5) is 35.7. The highest BCUT2D eigenvalue weighted by Crippen LogP contribution is 2.43. The van der Waals surface area contributed by atoms with E-state index in [1.807, 2.05) is 25.1 Å². The molecule has 5 rings (SSSR count). The zero-order chi connectivity index (χ0) is 25.6. The van der Waals surface area contributed by atoms with Crippen molar-refractivity contribution in [3.05, 3.63) is 87.4 Å². The van der Waals surface area contributed by atoms with Gasteiger partial charge in [-0.1, -0.05) is 40.2 Å². The first kappa shape index (κ1) is 23.6. The molecule has 182 valence electrons. The largest absolute Gasteiger partial charge is 0.507 e. The Bertz CT molecular complexity index is 1530. The van der Waals surface area contributed by atoms with Crippen molar-refractivity contribution >= 4 is 50.4 Å². The Balaban J connectivity index is 1.75. The second-order valence-corrected chi connectivity index (χ2v) is 9.23. The molecule has 2 heterocycles. The molecule has 36 heavy (non-hydrogen) atoms. The lowest BCUT2D eigenvalue weighted by molar-refractivity contribution is -0.132. The van der Waals surface area contributed by atoms with E-state index in [1.165, 1.54) is 11.0 Å². The summed E-state index contributed by atoms with van der Waals surface area (Å²) in [6.07, 6.45) is 0. The van der Waals surface area contributed by atoms with Crippen LogP contribution in [-0.2, 0) is 9.59 Å². The fraction of sp³-hybridized carbons (Fsp3) is 0.148. The Morgan fingerprint density at radius 2 is 1.92 bits per heavy atom. The fourth-order valence-corrected chi connectivity index (χ4v) is 4.59. The van der Waals surface area contributed by atoms with E-state index in [0.717, 1.165) is 10.0 Å². The van der Waals surface area contributed by atoms with Gasteiger partial charge in [0.25, 0.3) is 5.78 Å². The lowest BCUT2D eigenvalue weighted by atomic mass is 9.94. The van der Waals surface area contributed by atoms with E-state index in [2.05, 4.69) is 25.9 Å². The molecule has 1 aliphatic rings. The molecule has 8 nitrogen and oxygen atoms in total. The number of amides is 1. The van der Waals surface area contributed by atoms with E-state index in [1.54, 1.807) is 43.3 Å². The number of carbonyl (C=O) groups excluding carboxylic acids is 2. The van der Waals surface area contributed by atoms with Crippen LogP contribution in [0.5, 0.6) is 11.5 Å². The molecule has 1 saturated heterocycles. The summed E-state index contributed by atoms with van der Waals surface area (Å²) >= 11 is 3.44. The lowest BCUT2D eigenvalue weighted by Gasteiger charge is -2.23. The number of nitrogens with one attached hydrogen (secondary N) is 1. The number of carbonyl (C=O) groups is 2. The van der Waals surface area contributed by atoms with Gasteiger partial charge in [-0.3, -0.25) is 14.5 Å². The topological polar surface area (TPSA) is 116 Å². The number of aryl methyl sites for hydroxylation is 1. The van der Waals surface area contributed by atoms with Crippen LogP contribution in [0, 0.1) is 6.92 Å². The molecule has 1 aromatic heterocycles. The number of phenolic OH excluding ortho intramolecular Hbond substituents is 1. The number of ether oxygens (including phenoxy) is 1. The van der Waals surface area contributed by atoms with Gasteiger partial charge in [0, 0.05) is 10.0 Å². The fourth-order valence-electron chi connectivity index (χ4n) is 4.34. The maximum Gasteiger partial charge on any atom is 0.302 e. The molecule has 0 aliphatic carbocycles. The molecule has 0 spiro atoms.